The molecule has 0 saturated carbocycles. The average Bonchev–Trinajstić information content (AvgIpc) is 2.45. The van der Waals surface area contributed by atoms with Crippen molar-refractivity contribution < 1.29 is 9.90 Å². The van der Waals surface area contributed by atoms with Crippen molar-refractivity contribution in [2.45, 2.75) is 0 Å². The van der Waals surface area contributed by atoms with Crippen LogP contribution < -0.4 is 0 Å². The highest BCUT2D eigenvalue weighted by atomic mass is 79.9. The lowest BCUT2D eigenvalue weighted by Gasteiger charge is -1.87. The van der Waals surface area contributed by atoms with Gasteiger partial charge in [-0.1, -0.05) is 0 Å². The van der Waals surface area contributed by atoms with Crippen LogP contribution >= 0.6 is 27.3 Å². The van der Waals surface area contributed by atoms with Crippen LogP contribution in [-0.4, -0.2) is 21.0 Å². The molecule has 0 atom stereocenters. The van der Waals surface area contributed by atoms with Crippen molar-refractivity contribution in [2.75, 3.05) is 0 Å². The van der Waals surface area contributed by atoms with Crippen molar-refractivity contribution in [3.05, 3.63) is 21.9 Å². The molecule has 0 unspecified atom stereocenters. The van der Waals surface area contributed by atoms with E-state index in [-0.39, 0.29) is 4.88 Å². The largest absolute Gasteiger partial charge is 0.477 e. The van der Waals surface area contributed by atoms with Gasteiger partial charge in [-0.3, -0.25) is 0 Å². The van der Waals surface area contributed by atoms with E-state index >= 15 is 0 Å². The molecule has 2 rings (SSSR count). The predicted molar refractivity (Wildman–Crippen MR) is 52.1 cm³/mol. The van der Waals surface area contributed by atoms with Crippen LogP contribution in [0.1, 0.15) is 9.67 Å². The maximum absolute atomic E-state index is 10.7. The van der Waals surface area contributed by atoms with Gasteiger partial charge in [-0.05, 0) is 15.9 Å². The van der Waals surface area contributed by atoms with Crippen LogP contribution in [0.25, 0.3) is 10.2 Å². The van der Waals surface area contributed by atoms with Crippen molar-refractivity contribution in [3.63, 3.8) is 0 Å². The molecule has 0 radical (unpaired) electrons. The second-order valence-corrected chi connectivity index (χ2v) is 4.13. The molecule has 2 aromatic rings. The third kappa shape index (κ3) is 1.31. The first kappa shape index (κ1) is 8.58. The van der Waals surface area contributed by atoms with Gasteiger partial charge in [0.25, 0.3) is 0 Å². The van der Waals surface area contributed by atoms with Gasteiger partial charge >= 0.3 is 5.97 Å². The Labute approximate surface area is 85.4 Å². The summed E-state index contributed by atoms with van der Waals surface area (Å²) in [5, 5.41) is 8.80. The van der Waals surface area contributed by atoms with Crippen LogP contribution in [0.15, 0.2) is 17.0 Å². The molecule has 2 aromatic heterocycles. The second kappa shape index (κ2) is 3.04. The molecule has 0 saturated heterocycles. The van der Waals surface area contributed by atoms with E-state index in [0.717, 1.165) is 16.0 Å². The van der Waals surface area contributed by atoms with Crippen LogP contribution in [-0.2, 0) is 0 Å². The first-order valence-corrected chi connectivity index (χ1v) is 4.92. The number of rotatable bonds is 1. The Bertz CT molecular complexity index is 482. The van der Waals surface area contributed by atoms with E-state index in [0.29, 0.717) is 9.99 Å². The zero-order valence-electron chi connectivity index (χ0n) is 6.19. The number of carbonyl (C=O) groups is 1. The molecule has 2 heterocycles. The molecule has 6 heteroatoms. The Hall–Kier alpha value is -1.01. The minimum Gasteiger partial charge on any atom is -0.477 e. The molecule has 0 aliphatic heterocycles. The lowest BCUT2D eigenvalue weighted by atomic mass is 10.4. The van der Waals surface area contributed by atoms with Crippen LogP contribution in [0.4, 0.5) is 0 Å². The van der Waals surface area contributed by atoms with Gasteiger partial charge in [-0.15, -0.1) is 11.3 Å². The Kier molecular flexibility index (Phi) is 2.01. The van der Waals surface area contributed by atoms with Gasteiger partial charge in [0.15, 0.2) is 0 Å². The fourth-order valence-corrected chi connectivity index (χ4v) is 2.67. The highest BCUT2D eigenvalue weighted by molar-refractivity contribution is 9.10. The summed E-state index contributed by atoms with van der Waals surface area (Å²) in [4.78, 5) is 18.8. The molecular formula is C7H3BrN2O2S. The topological polar surface area (TPSA) is 63.1 Å². The standard InChI is InChI=1S/C7H3BrN2O2S/c8-4-5-3(1-9-2-10-5)13-6(4)7(11)12/h1-2H,(H,11,12). The van der Waals surface area contributed by atoms with Crippen molar-refractivity contribution in [1.29, 1.82) is 0 Å². The molecule has 66 valence electrons. The third-order valence-electron chi connectivity index (χ3n) is 1.49. The summed E-state index contributed by atoms with van der Waals surface area (Å²) in [5.74, 6) is -0.949. The molecule has 0 spiro atoms. The third-order valence-corrected chi connectivity index (χ3v) is 3.63. The molecule has 4 nitrogen and oxygen atoms in total. The Morgan fingerprint density at radius 1 is 1.62 bits per heavy atom. The van der Waals surface area contributed by atoms with E-state index in [9.17, 15) is 4.79 Å². The van der Waals surface area contributed by atoms with E-state index < -0.39 is 5.97 Å². The summed E-state index contributed by atoms with van der Waals surface area (Å²) < 4.78 is 1.30. The molecule has 13 heavy (non-hydrogen) atoms. The van der Waals surface area contributed by atoms with Gasteiger partial charge in [-0.25, -0.2) is 14.8 Å². The molecule has 0 aromatic carbocycles. The minimum absolute atomic E-state index is 0.260. The maximum atomic E-state index is 10.7. The van der Waals surface area contributed by atoms with Crippen molar-refractivity contribution in [1.82, 2.24) is 9.97 Å². The van der Waals surface area contributed by atoms with Gasteiger partial charge in [0.2, 0.25) is 0 Å². The molecule has 0 bridgehead atoms. The van der Waals surface area contributed by atoms with E-state index in [1.54, 1.807) is 6.20 Å². The molecule has 0 fully saturated rings. The number of carboxylic acid groups (broad SMARTS) is 1. The number of halogens is 1. The van der Waals surface area contributed by atoms with Gasteiger partial charge < -0.3 is 5.11 Å². The highest BCUT2D eigenvalue weighted by Gasteiger charge is 2.16. The molecule has 0 aliphatic rings. The summed E-state index contributed by atoms with van der Waals surface area (Å²) >= 11 is 4.35. The van der Waals surface area contributed by atoms with E-state index in [2.05, 4.69) is 25.9 Å². The lowest BCUT2D eigenvalue weighted by molar-refractivity contribution is 0.0701. The Morgan fingerprint density at radius 3 is 3.00 bits per heavy atom. The zero-order chi connectivity index (χ0) is 9.42. The highest BCUT2D eigenvalue weighted by Crippen LogP contribution is 2.33. The number of hydrogen-bond donors (Lipinski definition) is 1. The van der Waals surface area contributed by atoms with Crippen LogP contribution in [0.3, 0.4) is 0 Å². The van der Waals surface area contributed by atoms with Gasteiger partial charge in [-0.2, -0.15) is 0 Å². The maximum Gasteiger partial charge on any atom is 0.347 e. The summed E-state index contributed by atoms with van der Waals surface area (Å²) in [6.45, 7) is 0. The molecule has 1 N–H and O–H groups in total. The second-order valence-electron chi connectivity index (χ2n) is 2.29. The van der Waals surface area contributed by atoms with Crippen LogP contribution in [0.2, 0.25) is 0 Å². The fraction of sp³-hybridized carbons (Fsp3) is 0. The minimum atomic E-state index is -0.949. The van der Waals surface area contributed by atoms with Crippen molar-refractivity contribution in [3.8, 4) is 0 Å². The predicted octanol–water partition coefficient (Wildman–Crippen LogP) is 2.15. The van der Waals surface area contributed by atoms with Crippen molar-refractivity contribution >= 4 is 43.5 Å². The number of thiophene rings is 1. The first-order chi connectivity index (χ1) is 6.20. The summed E-state index contributed by atoms with van der Waals surface area (Å²) in [6, 6.07) is 0. The van der Waals surface area contributed by atoms with Gasteiger partial charge in [0, 0.05) is 6.20 Å². The van der Waals surface area contributed by atoms with Crippen LogP contribution in [0.5, 0.6) is 0 Å². The van der Waals surface area contributed by atoms with E-state index in [1.807, 2.05) is 0 Å². The summed E-state index contributed by atoms with van der Waals surface area (Å²) in [6.07, 6.45) is 3.00. The Balaban J connectivity index is 2.81. The monoisotopic (exact) mass is 258 g/mol. The first-order valence-electron chi connectivity index (χ1n) is 3.31. The number of hydrogen-bond acceptors (Lipinski definition) is 4. The van der Waals surface area contributed by atoms with E-state index in [1.165, 1.54) is 6.33 Å². The number of fused-ring (bicyclic) bond motifs is 1. The number of aromatic nitrogens is 2. The van der Waals surface area contributed by atoms with Crippen molar-refractivity contribution in [2.24, 2.45) is 0 Å². The van der Waals surface area contributed by atoms with Crippen LogP contribution in [0, 0.1) is 0 Å². The summed E-state index contributed by atoms with van der Waals surface area (Å²) in [5.41, 5.74) is 0.650. The van der Waals surface area contributed by atoms with E-state index in [4.69, 9.17) is 5.11 Å². The number of nitrogens with zero attached hydrogens (tertiary/aromatic N) is 2. The Morgan fingerprint density at radius 2 is 2.38 bits per heavy atom. The lowest BCUT2D eigenvalue weighted by Crippen LogP contribution is -1.91. The SMILES string of the molecule is O=C(O)c1sc2cncnc2c1Br. The number of carboxylic acids is 1. The van der Waals surface area contributed by atoms with Gasteiger partial charge in [0.05, 0.1) is 14.7 Å². The van der Waals surface area contributed by atoms with Gasteiger partial charge in [0.1, 0.15) is 11.2 Å². The molecule has 0 aliphatic carbocycles. The molecular weight excluding hydrogens is 256 g/mol. The average molecular weight is 259 g/mol. The normalized spacial score (nSPS) is 10.5. The smallest absolute Gasteiger partial charge is 0.347 e. The fourth-order valence-electron chi connectivity index (χ4n) is 0.956. The zero-order valence-corrected chi connectivity index (χ0v) is 8.59. The molecule has 0 amide bonds. The number of aromatic carboxylic acids is 1. The quantitative estimate of drug-likeness (QED) is 0.852. The summed E-state index contributed by atoms with van der Waals surface area (Å²) in [7, 11) is 0.